The first-order valence-electron chi connectivity index (χ1n) is 5.76. The largest absolute Gasteiger partial charge is 0.372 e. The third-order valence-electron chi connectivity index (χ3n) is 2.73. The molecule has 0 unspecified atom stereocenters. The van der Waals surface area contributed by atoms with Gasteiger partial charge in [0, 0.05) is 31.3 Å². The van der Waals surface area contributed by atoms with Crippen LogP contribution in [0.1, 0.15) is 5.56 Å². The Labute approximate surface area is 130 Å². The molecule has 2 rings (SSSR count). The zero-order chi connectivity index (χ0) is 14.8. The van der Waals surface area contributed by atoms with E-state index in [-0.39, 0.29) is 4.90 Å². The molecule has 2 heterocycles. The Morgan fingerprint density at radius 2 is 2.25 bits per heavy atom. The summed E-state index contributed by atoms with van der Waals surface area (Å²) in [5, 5.41) is 6.67. The van der Waals surface area contributed by atoms with Crippen LogP contribution in [-0.2, 0) is 16.6 Å². The van der Waals surface area contributed by atoms with E-state index < -0.39 is 10.0 Å². The van der Waals surface area contributed by atoms with Gasteiger partial charge in [-0.3, -0.25) is 0 Å². The van der Waals surface area contributed by atoms with Gasteiger partial charge in [0.05, 0.1) is 0 Å². The average Bonchev–Trinajstić information content (AvgIpc) is 2.91. The van der Waals surface area contributed by atoms with E-state index in [2.05, 4.69) is 26.2 Å². The lowest BCUT2D eigenvalue weighted by molar-refractivity contribution is 0.467. The number of aromatic nitrogens is 1. The monoisotopic (exact) mass is 375 g/mol. The number of pyridine rings is 1. The maximum absolute atomic E-state index is 12.6. The molecule has 0 bridgehead atoms. The van der Waals surface area contributed by atoms with E-state index in [0.717, 1.165) is 5.56 Å². The Hall–Kier alpha value is -0.960. The first-order valence-corrected chi connectivity index (χ1v) is 8.93. The van der Waals surface area contributed by atoms with Crippen LogP contribution in [0.4, 0.5) is 5.82 Å². The molecule has 0 spiro atoms. The molecule has 2 aromatic heterocycles. The minimum atomic E-state index is -3.60. The van der Waals surface area contributed by atoms with Crippen LogP contribution in [-0.4, -0.2) is 31.8 Å². The van der Waals surface area contributed by atoms with E-state index in [0.29, 0.717) is 16.8 Å². The van der Waals surface area contributed by atoms with Crippen LogP contribution >= 0.6 is 27.3 Å². The molecule has 0 saturated carbocycles. The van der Waals surface area contributed by atoms with Crippen molar-refractivity contribution in [1.29, 1.82) is 0 Å². The fraction of sp³-hybridized carbons (Fsp3) is 0.250. The third kappa shape index (κ3) is 3.20. The summed E-state index contributed by atoms with van der Waals surface area (Å²) in [5.74, 6) is 0.338. The topological polar surface area (TPSA) is 62.3 Å². The van der Waals surface area contributed by atoms with Crippen molar-refractivity contribution in [1.82, 2.24) is 9.29 Å². The summed E-state index contributed by atoms with van der Waals surface area (Å²) in [5.41, 5.74) is 0.968. The van der Waals surface area contributed by atoms with Crippen molar-refractivity contribution >= 4 is 43.1 Å². The van der Waals surface area contributed by atoms with Crippen LogP contribution in [0.2, 0.25) is 0 Å². The van der Waals surface area contributed by atoms with Crippen LogP contribution in [0.3, 0.4) is 0 Å². The molecule has 1 N–H and O–H groups in total. The maximum atomic E-state index is 12.6. The number of hydrogen-bond donors (Lipinski definition) is 1. The Bertz CT molecular complexity index is 687. The highest BCUT2D eigenvalue weighted by atomic mass is 79.9. The predicted molar refractivity (Wildman–Crippen MR) is 84.5 cm³/mol. The lowest BCUT2D eigenvalue weighted by Crippen LogP contribution is -2.27. The molecule has 108 valence electrons. The normalized spacial score (nSPS) is 11.8. The van der Waals surface area contributed by atoms with Crippen molar-refractivity contribution < 1.29 is 8.42 Å². The molecular weight excluding hydrogens is 362 g/mol. The number of nitrogens with zero attached hydrogens (tertiary/aromatic N) is 2. The van der Waals surface area contributed by atoms with Gasteiger partial charge in [-0.2, -0.15) is 15.6 Å². The second kappa shape index (κ2) is 6.21. The summed E-state index contributed by atoms with van der Waals surface area (Å²) in [4.78, 5) is 4.24. The molecule has 0 saturated heterocycles. The van der Waals surface area contributed by atoms with Crippen LogP contribution in [0, 0.1) is 0 Å². The van der Waals surface area contributed by atoms with Gasteiger partial charge in [-0.25, -0.2) is 13.4 Å². The van der Waals surface area contributed by atoms with E-state index in [4.69, 9.17) is 0 Å². The van der Waals surface area contributed by atoms with Crippen molar-refractivity contribution in [2.45, 2.75) is 11.4 Å². The van der Waals surface area contributed by atoms with Gasteiger partial charge < -0.3 is 5.32 Å². The van der Waals surface area contributed by atoms with Gasteiger partial charge in [0.2, 0.25) is 10.0 Å². The summed E-state index contributed by atoms with van der Waals surface area (Å²) in [6.07, 6.45) is 1.56. The SMILES string of the molecule is CNc1ncc(Br)cc1S(=O)(=O)N(C)Cc1ccsc1. The van der Waals surface area contributed by atoms with Crippen LogP contribution in [0.5, 0.6) is 0 Å². The van der Waals surface area contributed by atoms with Crippen LogP contribution < -0.4 is 5.32 Å². The van der Waals surface area contributed by atoms with Crippen molar-refractivity contribution in [3.8, 4) is 0 Å². The average molecular weight is 376 g/mol. The summed E-state index contributed by atoms with van der Waals surface area (Å²) >= 11 is 4.80. The van der Waals surface area contributed by atoms with Gasteiger partial charge in [-0.1, -0.05) is 0 Å². The molecule has 0 amide bonds. The van der Waals surface area contributed by atoms with Gasteiger partial charge in [0.15, 0.2) is 0 Å². The van der Waals surface area contributed by atoms with Gasteiger partial charge in [0.25, 0.3) is 0 Å². The summed E-state index contributed by atoms with van der Waals surface area (Å²) in [6.45, 7) is 0.335. The van der Waals surface area contributed by atoms with Crippen molar-refractivity contribution in [3.05, 3.63) is 39.1 Å². The zero-order valence-corrected chi connectivity index (χ0v) is 14.2. The molecule has 5 nitrogen and oxygen atoms in total. The first-order chi connectivity index (χ1) is 9.45. The van der Waals surface area contributed by atoms with E-state index in [1.165, 1.54) is 4.31 Å². The number of thiophene rings is 1. The molecule has 0 aliphatic heterocycles. The molecule has 0 fully saturated rings. The molecule has 0 aliphatic carbocycles. The number of hydrogen-bond acceptors (Lipinski definition) is 5. The number of sulfonamides is 1. The second-order valence-corrected chi connectivity index (χ2v) is 7.85. The van der Waals surface area contributed by atoms with E-state index in [9.17, 15) is 8.42 Å². The fourth-order valence-electron chi connectivity index (χ4n) is 1.70. The highest BCUT2D eigenvalue weighted by Gasteiger charge is 2.25. The van der Waals surface area contributed by atoms with E-state index >= 15 is 0 Å². The standard InChI is InChI=1S/C12H14BrN3O2S2/c1-14-12-11(5-10(13)6-15-12)20(17,18)16(2)7-9-3-4-19-8-9/h3-6,8H,7H2,1-2H3,(H,14,15). The highest BCUT2D eigenvalue weighted by Crippen LogP contribution is 2.26. The fourth-order valence-corrected chi connectivity index (χ4v) is 4.17. The van der Waals surface area contributed by atoms with Crippen LogP contribution in [0.25, 0.3) is 0 Å². The minimum absolute atomic E-state index is 0.159. The highest BCUT2D eigenvalue weighted by molar-refractivity contribution is 9.10. The van der Waals surface area contributed by atoms with Gasteiger partial charge in [-0.05, 0) is 44.4 Å². The molecule has 20 heavy (non-hydrogen) atoms. The lowest BCUT2D eigenvalue weighted by atomic mass is 10.3. The van der Waals surface area contributed by atoms with Crippen LogP contribution in [0.15, 0.2) is 38.5 Å². The van der Waals surface area contributed by atoms with Gasteiger partial charge in [-0.15, -0.1) is 0 Å². The van der Waals surface area contributed by atoms with Crippen molar-refractivity contribution in [3.63, 3.8) is 0 Å². The first kappa shape index (κ1) is 15.4. The zero-order valence-electron chi connectivity index (χ0n) is 11.0. The third-order valence-corrected chi connectivity index (χ3v) is 5.71. The smallest absolute Gasteiger partial charge is 0.246 e. The molecule has 8 heteroatoms. The summed E-state index contributed by atoms with van der Waals surface area (Å²) in [6, 6.07) is 3.47. The molecule has 0 radical (unpaired) electrons. The minimum Gasteiger partial charge on any atom is -0.372 e. The maximum Gasteiger partial charge on any atom is 0.246 e. The molecule has 0 aromatic carbocycles. The molecular formula is C12H14BrN3O2S2. The summed E-state index contributed by atoms with van der Waals surface area (Å²) < 4.78 is 27.2. The lowest BCUT2D eigenvalue weighted by Gasteiger charge is -2.18. The van der Waals surface area contributed by atoms with Crippen molar-refractivity contribution in [2.24, 2.45) is 0 Å². The van der Waals surface area contributed by atoms with Gasteiger partial charge in [0.1, 0.15) is 10.7 Å². The Kier molecular flexibility index (Phi) is 4.79. The second-order valence-electron chi connectivity index (χ2n) is 4.14. The number of nitrogens with one attached hydrogen (secondary N) is 1. The van der Waals surface area contributed by atoms with E-state index in [1.807, 2.05) is 16.8 Å². The molecule has 0 aliphatic rings. The predicted octanol–water partition coefficient (Wildman–Crippen LogP) is 2.77. The quantitative estimate of drug-likeness (QED) is 0.872. The van der Waals surface area contributed by atoms with Gasteiger partial charge >= 0.3 is 0 Å². The molecule has 2 aromatic rings. The number of halogens is 1. The Morgan fingerprint density at radius 3 is 2.85 bits per heavy atom. The Morgan fingerprint density at radius 1 is 1.50 bits per heavy atom. The number of anilines is 1. The molecule has 0 atom stereocenters. The Balaban J connectivity index is 2.36. The van der Waals surface area contributed by atoms with E-state index in [1.54, 1.807) is 37.7 Å². The van der Waals surface area contributed by atoms with Crippen molar-refractivity contribution in [2.75, 3.05) is 19.4 Å². The summed E-state index contributed by atoms with van der Waals surface area (Å²) in [7, 11) is -0.388. The number of rotatable bonds is 5.